The molecule has 1 saturated heterocycles. The Morgan fingerprint density at radius 3 is 2.79 bits per heavy atom. The second kappa shape index (κ2) is 5.86. The lowest BCUT2D eigenvalue weighted by Crippen LogP contribution is -2.45. The summed E-state index contributed by atoms with van der Waals surface area (Å²) in [6.45, 7) is 4.25. The van der Waals surface area contributed by atoms with Crippen LogP contribution < -0.4 is 10.0 Å². The Kier molecular flexibility index (Phi) is 3.96. The number of aliphatic hydroxyl groups is 1. The summed E-state index contributed by atoms with van der Waals surface area (Å²) in [4.78, 5) is 3.62. The van der Waals surface area contributed by atoms with Crippen molar-refractivity contribution in [2.45, 2.75) is 11.3 Å². The maximum Gasteiger partial charge on any atom is 0.116 e. The number of nitrogens with zero attached hydrogens (tertiary/aromatic N) is 1. The Balaban J connectivity index is 1.98. The molecule has 0 spiro atoms. The summed E-state index contributed by atoms with van der Waals surface area (Å²) in [6, 6.07) is 8.40. The van der Waals surface area contributed by atoms with Crippen LogP contribution in [0.15, 0.2) is 35.0 Å². The van der Waals surface area contributed by atoms with Crippen LogP contribution in [0, 0.1) is 0 Å². The molecule has 3 N–H and O–H groups in total. The van der Waals surface area contributed by atoms with Crippen molar-refractivity contribution in [3.63, 3.8) is 0 Å². The molecule has 2 aliphatic heterocycles. The van der Waals surface area contributed by atoms with E-state index in [4.69, 9.17) is 0 Å². The predicted octanol–water partition coefficient (Wildman–Crippen LogP) is 1.25. The summed E-state index contributed by atoms with van der Waals surface area (Å²) in [7, 11) is 0. The molecule has 0 bridgehead atoms. The maximum atomic E-state index is 9.36. The summed E-state index contributed by atoms with van der Waals surface area (Å²) in [5.74, 6) is 1.18. The molecule has 0 amide bonds. The first-order valence-electron chi connectivity index (χ1n) is 6.72. The minimum Gasteiger partial charge on any atom is -0.396 e. The molecule has 0 radical (unpaired) electrons. The normalized spacial score (nSPS) is 19.1. The first kappa shape index (κ1) is 12.8. The highest BCUT2D eigenvalue weighted by Gasteiger charge is 2.23. The van der Waals surface area contributed by atoms with Crippen LogP contribution in [0.2, 0.25) is 0 Å². The number of hydrogen-bond acceptors (Lipinski definition) is 5. The molecular formula is C14H19N3OS. The SMILES string of the molecule is OCCC1=C(N2CCNCC2)NSc2ccccc21. The number of piperazine rings is 1. The number of aliphatic hydroxyl groups excluding tert-OH is 1. The number of benzene rings is 1. The molecule has 0 unspecified atom stereocenters. The second-order valence-electron chi connectivity index (χ2n) is 4.74. The lowest BCUT2D eigenvalue weighted by Gasteiger charge is -2.36. The Labute approximate surface area is 118 Å². The van der Waals surface area contributed by atoms with Crippen LogP contribution in [-0.2, 0) is 0 Å². The molecule has 5 heteroatoms. The van der Waals surface area contributed by atoms with E-state index in [2.05, 4.69) is 39.2 Å². The minimum absolute atomic E-state index is 0.186. The largest absolute Gasteiger partial charge is 0.396 e. The Morgan fingerprint density at radius 1 is 1.21 bits per heavy atom. The molecule has 0 aliphatic carbocycles. The predicted molar refractivity (Wildman–Crippen MR) is 78.5 cm³/mol. The first-order valence-corrected chi connectivity index (χ1v) is 7.54. The molecule has 19 heavy (non-hydrogen) atoms. The minimum atomic E-state index is 0.186. The fraction of sp³-hybridized carbons (Fsp3) is 0.429. The fourth-order valence-electron chi connectivity index (χ4n) is 2.61. The number of hydrogen-bond donors (Lipinski definition) is 3. The van der Waals surface area contributed by atoms with Crippen molar-refractivity contribution in [1.82, 2.24) is 14.9 Å². The van der Waals surface area contributed by atoms with Gasteiger partial charge >= 0.3 is 0 Å². The van der Waals surface area contributed by atoms with E-state index >= 15 is 0 Å². The van der Waals surface area contributed by atoms with Gasteiger partial charge in [0.1, 0.15) is 5.82 Å². The van der Waals surface area contributed by atoms with Crippen LogP contribution in [0.3, 0.4) is 0 Å². The third kappa shape index (κ3) is 2.59. The topological polar surface area (TPSA) is 47.5 Å². The zero-order valence-electron chi connectivity index (χ0n) is 10.9. The van der Waals surface area contributed by atoms with Crippen molar-refractivity contribution in [1.29, 1.82) is 0 Å². The smallest absolute Gasteiger partial charge is 0.116 e. The van der Waals surface area contributed by atoms with Crippen LogP contribution in [0.25, 0.3) is 5.57 Å². The van der Waals surface area contributed by atoms with Crippen LogP contribution >= 0.6 is 11.9 Å². The van der Waals surface area contributed by atoms with Gasteiger partial charge < -0.3 is 20.0 Å². The Hall–Kier alpha value is -1.17. The van der Waals surface area contributed by atoms with Crippen molar-refractivity contribution < 1.29 is 5.11 Å². The second-order valence-corrected chi connectivity index (χ2v) is 5.59. The van der Waals surface area contributed by atoms with Gasteiger partial charge in [-0.05, 0) is 30.0 Å². The molecule has 102 valence electrons. The molecule has 2 heterocycles. The molecule has 1 aromatic carbocycles. The highest BCUT2D eigenvalue weighted by atomic mass is 32.2. The molecule has 4 nitrogen and oxygen atoms in total. The van der Waals surface area contributed by atoms with E-state index in [1.165, 1.54) is 21.9 Å². The lowest BCUT2D eigenvalue weighted by molar-refractivity contribution is 0.285. The highest BCUT2D eigenvalue weighted by molar-refractivity contribution is 7.97. The van der Waals surface area contributed by atoms with E-state index in [1.807, 2.05) is 0 Å². The molecule has 3 rings (SSSR count). The van der Waals surface area contributed by atoms with Gasteiger partial charge in [-0.3, -0.25) is 0 Å². The van der Waals surface area contributed by atoms with Crippen molar-refractivity contribution in [2.75, 3.05) is 32.8 Å². The molecule has 1 fully saturated rings. The van der Waals surface area contributed by atoms with E-state index < -0.39 is 0 Å². The van der Waals surface area contributed by atoms with E-state index in [1.54, 1.807) is 11.9 Å². The van der Waals surface area contributed by atoms with Crippen LogP contribution in [0.4, 0.5) is 0 Å². The molecule has 0 saturated carbocycles. The standard InChI is InChI=1S/C14H19N3OS/c18-10-5-12-11-3-1-2-4-13(11)19-16-14(12)17-8-6-15-7-9-17/h1-4,15-16,18H,5-10H2. The van der Waals surface area contributed by atoms with Gasteiger partial charge in [0.05, 0.1) is 0 Å². The Bertz CT molecular complexity index is 483. The van der Waals surface area contributed by atoms with E-state index in [9.17, 15) is 5.11 Å². The summed E-state index contributed by atoms with van der Waals surface area (Å²) in [5, 5.41) is 12.7. The summed E-state index contributed by atoms with van der Waals surface area (Å²) < 4.78 is 3.46. The Morgan fingerprint density at radius 2 is 2.00 bits per heavy atom. The van der Waals surface area contributed by atoms with E-state index in [0.717, 1.165) is 26.2 Å². The summed E-state index contributed by atoms with van der Waals surface area (Å²) in [6.07, 6.45) is 0.698. The van der Waals surface area contributed by atoms with E-state index in [-0.39, 0.29) is 6.61 Å². The quantitative estimate of drug-likeness (QED) is 0.726. The number of rotatable bonds is 3. The van der Waals surface area contributed by atoms with Crippen LogP contribution in [0.1, 0.15) is 12.0 Å². The van der Waals surface area contributed by atoms with Crippen molar-refractivity contribution >= 4 is 17.5 Å². The van der Waals surface area contributed by atoms with Crippen LogP contribution in [0.5, 0.6) is 0 Å². The van der Waals surface area contributed by atoms with Crippen LogP contribution in [-0.4, -0.2) is 42.8 Å². The fourth-order valence-corrected chi connectivity index (χ4v) is 3.51. The molecule has 2 aliphatic rings. The zero-order chi connectivity index (χ0) is 13.1. The average molecular weight is 277 g/mol. The summed E-state index contributed by atoms with van der Waals surface area (Å²) in [5.41, 5.74) is 2.49. The van der Waals surface area contributed by atoms with E-state index in [0.29, 0.717) is 6.42 Å². The van der Waals surface area contributed by atoms with Gasteiger partial charge in [-0.25, -0.2) is 0 Å². The number of fused-ring (bicyclic) bond motifs is 1. The maximum absolute atomic E-state index is 9.36. The van der Waals surface area contributed by atoms with Gasteiger partial charge in [-0.15, -0.1) is 0 Å². The van der Waals surface area contributed by atoms with Gasteiger partial charge in [0.2, 0.25) is 0 Å². The van der Waals surface area contributed by atoms with Crippen molar-refractivity contribution in [2.24, 2.45) is 0 Å². The lowest BCUT2D eigenvalue weighted by atomic mass is 10.0. The monoisotopic (exact) mass is 277 g/mol. The third-order valence-electron chi connectivity index (χ3n) is 3.55. The first-order chi connectivity index (χ1) is 9.40. The molecule has 1 aromatic rings. The molecule has 0 aromatic heterocycles. The zero-order valence-corrected chi connectivity index (χ0v) is 11.7. The number of nitrogens with one attached hydrogen (secondary N) is 2. The third-order valence-corrected chi connectivity index (χ3v) is 4.42. The van der Waals surface area contributed by atoms with Gasteiger partial charge in [0.25, 0.3) is 0 Å². The molecule has 0 atom stereocenters. The highest BCUT2D eigenvalue weighted by Crippen LogP contribution is 2.36. The van der Waals surface area contributed by atoms with Crippen molar-refractivity contribution in [3.05, 3.63) is 35.6 Å². The molecular weight excluding hydrogens is 258 g/mol. The summed E-state index contributed by atoms with van der Waals surface area (Å²) >= 11 is 1.67. The average Bonchev–Trinajstić information content (AvgIpc) is 2.49. The van der Waals surface area contributed by atoms with Gasteiger partial charge in [-0.2, -0.15) is 0 Å². The van der Waals surface area contributed by atoms with Gasteiger partial charge in [-0.1, -0.05) is 18.2 Å². The van der Waals surface area contributed by atoms with Gasteiger partial charge in [0, 0.05) is 43.3 Å². The van der Waals surface area contributed by atoms with Crippen molar-refractivity contribution in [3.8, 4) is 0 Å². The van der Waals surface area contributed by atoms with Gasteiger partial charge in [0.15, 0.2) is 0 Å².